The highest BCUT2D eigenvalue weighted by atomic mass is 16.2. The molecule has 0 bridgehead atoms. The average Bonchev–Trinajstić information content (AvgIpc) is 3.20. The molecule has 0 spiro atoms. The van der Waals surface area contributed by atoms with Gasteiger partial charge in [-0.15, -0.1) is 0 Å². The predicted molar refractivity (Wildman–Crippen MR) is 95.8 cm³/mol. The predicted octanol–water partition coefficient (Wildman–Crippen LogP) is 2.58. The molecule has 0 fully saturated rings. The third kappa shape index (κ3) is 2.83. The molecule has 7 heteroatoms. The van der Waals surface area contributed by atoms with Crippen molar-refractivity contribution in [1.82, 2.24) is 15.1 Å². The van der Waals surface area contributed by atoms with Gasteiger partial charge in [-0.25, -0.2) is 0 Å². The lowest BCUT2D eigenvalue weighted by atomic mass is 10.1. The molecule has 0 saturated heterocycles. The summed E-state index contributed by atoms with van der Waals surface area (Å²) in [5.41, 5.74) is 2.43. The number of fused-ring (bicyclic) bond motifs is 2. The van der Waals surface area contributed by atoms with Gasteiger partial charge in [-0.05, 0) is 36.8 Å². The minimum Gasteiger partial charge on any atom is -0.326 e. The molecule has 0 aliphatic carbocycles. The first-order chi connectivity index (χ1) is 12.6. The summed E-state index contributed by atoms with van der Waals surface area (Å²) >= 11 is 0. The number of hydrogen-bond donors (Lipinski definition) is 2. The molecule has 2 aromatic carbocycles. The van der Waals surface area contributed by atoms with Gasteiger partial charge in [-0.2, -0.15) is 5.10 Å². The van der Waals surface area contributed by atoms with E-state index in [1.54, 1.807) is 36.5 Å². The molecule has 1 aliphatic heterocycles. The standard InChI is InChI=1S/C19H16N4O3/c24-17(21-13-7-8-16-12(10-13)11-20-22-16)6-3-9-23-18(25)14-4-1-2-5-15(14)19(23)26/h1-2,4-5,7-8,10-11H,3,6,9H2,(H,20,22)(H,21,24). The van der Waals surface area contributed by atoms with Gasteiger partial charge >= 0.3 is 0 Å². The monoisotopic (exact) mass is 348 g/mol. The maximum Gasteiger partial charge on any atom is 0.261 e. The van der Waals surface area contributed by atoms with Crippen LogP contribution in [0.25, 0.3) is 10.9 Å². The van der Waals surface area contributed by atoms with Crippen LogP contribution in [0.2, 0.25) is 0 Å². The number of amides is 3. The number of aromatic nitrogens is 2. The van der Waals surface area contributed by atoms with Crippen LogP contribution in [-0.4, -0.2) is 39.4 Å². The molecule has 1 aromatic heterocycles. The maximum absolute atomic E-state index is 12.3. The zero-order chi connectivity index (χ0) is 18.1. The van der Waals surface area contributed by atoms with E-state index in [1.165, 1.54) is 4.90 Å². The summed E-state index contributed by atoms with van der Waals surface area (Å²) in [6.07, 6.45) is 2.31. The van der Waals surface area contributed by atoms with Gasteiger partial charge in [0.05, 0.1) is 22.8 Å². The summed E-state index contributed by atoms with van der Waals surface area (Å²) < 4.78 is 0. The largest absolute Gasteiger partial charge is 0.326 e. The van der Waals surface area contributed by atoms with E-state index in [4.69, 9.17) is 0 Å². The second-order valence-electron chi connectivity index (χ2n) is 6.13. The topological polar surface area (TPSA) is 95.2 Å². The number of anilines is 1. The molecule has 1 aliphatic rings. The Morgan fingerprint density at radius 3 is 2.54 bits per heavy atom. The number of imide groups is 1. The maximum atomic E-state index is 12.3. The van der Waals surface area contributed by atoms with Crippen molar-refractivity contribution in [2.45, 2.75) is 12.8 Å². The zero-order valence-corrected chi connectivity index (χ0v) is 13.9. The van der Waals surface area contributed by atoms with Crippen molar-refractivity contribution >= 4 is 34.3 Å². The van der Waals surface area contributed by atoms with Crippen LogP contribution in [0.1, 0.15) is 33.6 Å². The molecule has 2 N–H and O–H groups in total. The van der Waals surface area contributed by atoms with Crippen LogP contribution in [0.4, 0.5) is 5.69 Å². The molecule has 4 rings (SSSR count). The van der Waals surface area contributed by atoms with Crippen LogP contribution in [0.3, 0.4) is 0 Å². The molecule has 7 nitrogen and oxygen atoms in total. The average molecular weight is 348 g/mol. The van der Waals surface area contributed by atoms with Crippen molar-refractivity contribution in [3.8, 4) is 0 Å². The lowest BCUT2D eigenvalue weighted by Gasteiger charge is -2.13. The van der Waals surface area contributed by atoms with E-state index in [9.17, 15) is 14.4 Å². The quantitative estimate of drug-likeness (QED) is 0.693. The number of carbonyl (C=O) groups excluding carboxylic acids is 3. The number of aromatic amines is 1. The van der Waals surface area contributed by atoms with Gasteiger partial charge in [0, 0.05) is 24.0 Å². The fourth-order valence-corrected chi connectivity index (χ4v) is 3.08. The summed E-state index contributed by atoms with van der Waals surface area (Å²) in [5, 5.41) is 10.5. The van der Waals surface area contributed by atoms with E-state index >= 15 is 0 Å². The van der Waals surface area contributed by atoms with Gasteiger partial charge in [0.15, 0.2) is 0 Å². The minimum atomic E-state index is -0.295. The van der Waals surface area contributed by atoms with Crippen molar-refractivity contribution in [2.24, 2.45) is 0 Å². The summed E-state index contributed by atoms with van der Waals surface area (Å²) in [4.78, 5) is 37.9. The third-order valence-electron chi connectivity index (χ3n) is 4.39. The fourth-order valence-electron chi connectivity index (χ4n) is 3.08. The normalized spacial score (nSPS) is 13.3. The lowest BCUT2D eigenvalue weighted by Crippen LogP contribution is -2.31. The van der Waals surface area contributed by atoms with Crippen molar-refractivity contribution in [2.75, 3.05) is 11.9 Å². The van der Waals surface area contributed by atoms with E-state index in [-0.39, 0.29) is 30.7 Å². The van der Waals surface area contributed by atoms with Gasteiger partial charge in [0.1, 0.15) is 0 Å². The highest BCUT2D eigenvalue weighted by Gasteiger charge is 2.34. The summed E-state index contributed by atoms with van der Waals surface area (Å²) in [7, 11) is 0. The molecule has 2 heterocycles. The van der Waals surface area contributed by atoms with Gasteiger partial charge in [-0.3, -0.25) is 24.4 Å². The Kier molecular flexibility index (Phi) is 3.96. The Labute approximate surface area is 149 Å². The fraction of sp³-hybridized carbons (Fsp3) is 0.158. The van der Waals surface area contributed by atoms with Crippen LogP contribution < -0.4 is 5.32 Å². The third-order valence-corrected chi connectivity index (χ3v) is 4.39. The number of H-pyrrole nitrogens is 1. The van der Waals surface area contributed by atoms with Crippen molar-refractivity contribution in [3.63, 3.8) is 0 Å². The second kappa shape index (κ2) is 6.44. The lowest BCUT2D eigenvalue weighted by molar-refractivity contribution is -0.116. The van der Waals surface area contributed by atoms with Gasteiger partial charge in [0.2, 0.25) is 5.91 Å². The van der Waals surface area contributed by atoms with E-state index in [0.29, 0.717) is 23.2 Å². The molecule has 0 radical (unpaired) electrons. The van der Waals surface area contributed by atoms with Crippen LogP contribution in [-0.2, 0) is 4.79 Å². The molecule has 26 heavy (non-hydrogen) atoms. The van der Waals surface area contributed by atoms with E-state index in [0.717, 1.165) is 10.9 Å². The van der Waals surface area contributed by atoms with E-state index < -0.39 is 0 Å². The molecule has 3 aromatic rings. The number of nitrogens with zero attached hydrogens (tertiary/aromatic N) is 2. The molecular formula is C19H16N4O3. The minimum absolute atomic E-state index is 0.163. The summed E-state index contributed by atoms with van der Waals surface area (Å²) in [6.45, 7) is 0.223. The molecule has 130 valence electrons. The highest BCUT2D eigenvalue weighted by molar-refractivity contribution is 6.21. The highest BCUT2D eigenvalue weighted by Crippen LogP contribution is 2.23. The number of benzene rings is 2. The molecular weight excluding hydrogens is 332 g/mol. The first kappa shape index (κ1) is 16.0. The number of nitrogens with one attached hydrogen (secondary N) is 2. The Hall–Kier alpha value is -3.48. The van der Waals surface area contributed by atoms with E-state index in [1.807, 2.05) is 12.1 Å². The summed E-state index contributed by atoms with van der Waals surface area (Å²) in [5.74, 6) is -0.753. The van der Waals surface area contributed by atoms with Crippen LogP contribution >= 0.6 is 0 Å². The number of hydrogen-bond acceptors (Lipinski definition) is 4. The first-order valence-corrected chi connectivity index (χ1v) is 8.32. The van der Waals surface area contributed by atoms with Gasteiger partial charge < -0.3 is 5.32 Å². The van der Waals surface area contributed by atoms with Crippen LogP contribution in [0.15, 0.2) is 48.7 Å². The van der Waals surface area contributed by atoms with Gasteiger partial charge in [-0.1, -0.05) is 12.1 Å². The Morgan fingerprint density at radius 1 is 1.08 bits per heavy atom. The Balaban J connectivity index is 1.33. The van der Waals surface area contributed by atoms with Crippen molar-refractivity contribution in [1.29, 1.82) is 0 Å². The Bertz CT molecular complexity index is 989. The van der Waals surface area contributed by atoms with E-state index in [2.05, 4.69) is 15.5 Å². The molecule has 0 unspecified atom stereocenters. The number of rotatable bonds is 5. The molecule has 0 saturated carbocycles. The SMILES string of the molecule is O=C(CCCN1C(=O)c2ccccc2C1=O)Nc1ccc2[nH]ncc2c1. The first-order valence-electron chi connectivity index (χ1n) is 8.32. The Morgan fingerprint density at radius 2 is 1.81 bits per heavy atom. The molecule has 3 amide bonds. The van der Waals surface area contributed by atoms with Gasteiger partial charge in [0.25, 0.3) is 11.8 Å². The van der Waals surface area contributed by atoms with Crippen molar-refractivity contribution in [3.05, 3.63) is 59.8 Å². The summed E-state index contributed by atoms with van der Waals surface area (Å²) in [6, 6.07) is 12.2. The van der Waals surface area contributed by atoms with Crippen molar-refractivity contribution < 1.29 is 14.4 Å². The molecule has 0 atom stereocenters. The smallest absolute Gasteiger partial charge is 0.261 e. The zero-order valence-electron chi connectivity index (χ0n) is 13.9. The van der Waals surface area contributed by atoms with Crippen LogP contribution in [0, 0.1) is 0 Å². The number of carbonyl (C=O) groups is 3. The van der Waals surface area contributed by atoms with Crippen LogP contribution in [0.5, 0.6) is 0 Å². The second-order valence-corrected chi connectivity index (χ2v) is 6.13.